The molecule has 0 amide bonds. The summed E-state index contributed by atoms with van der Waals surface area (Å²) in [7, 11) is 0. The summed E-state index contributed by atoms with van der Waals surface area (Å²) in [6.45, 7) is 5.60. The van der Waals surface area contributed by atoms with E-state index in [1.807, 2.05) is 0 Å². The van der Waals surface area contributed by atoms with Crippen LogP contribution in [0.3, 0.4) is 0 Å². The lowest BCUT2D eigenvalue weighted by atomic mass is 9.94. The second-order valence-corrected chi connectivity index (χ2v) is 6.50. The first kappa shape index (κ1) is 12.0. The molecule has 1 aromatic heterocycles. The van der Waals surface area contributed by atoms with Crippen molar-refractivity contribution in [2.24, 2.45) is 5.41 Å². The van der Waals surface area contributed by atoms with Gasteiger partial charge in [-0.1, -0.05) is 37.3 Å². The van der Waals surface area contributed by atoms with E-state index in [9.17, 15) is 0 Å². The third-order valence-corrected chi connectivity index (χ3v) is 5.00. The molecule has 4 rings (SSSR count). The van der Waals surface area contributed by atoms with E-state index in [1.165, 1.54) is 36.2 Å². The van der Waals surface area contributed by atoms with Crippen LogP contribution in [0.5, 0.6) is 0 Å². The van der Waals surface area contributed by atoms with E-state index >= 15 is 0 Å². The zero-order chi connectivity index (χ0) is 13.7. The zero-order valence-corrected chi connectivity index (χ0v) is 12.2. The number of rotatable bonds is 2. The summed E-state index contributed by atoms with van der Waals surface area (Å²) in [5, 5.41) is 8.45. The number of nitrogens with zero attached hydrogens (tertiary/aromatic N) is 2. The number of aryl methyl sites for hydroxylation is 1. The summed E-state index contributed by atoms with van der Waals surface area (Å²) in [5.41, 5.74) is 4.15. The van der Waals surface area contributed by atoms with E-state index in [-0.39, 0.29) is 0 Å². The molecule has 1 aliphatic heterocycles. The van der Waals surface area contributed by atoms with Crippen molar-refractivity contribution in [3.63, 3.8) is 0 Å². The fourth-order valence-corrected chi connectivity index (χ4v) is 3.52. The van der Waals surface area contributed by atoms with Crippen LogP contribution in [-0.2, 0) is 0 Å². The van der Waals surface area contributed by atoms with Crippen molar-refractivity contribution in [1.29, 1.82) is 0 Å². The van der Waals surface area contributed by atoms with E-state index in [2.05, 4.69) is 54.2 Å². The van der Waals surface area contributed by atoms with Crippen molar-refractivity contribution < 1.29 is 0 Å². The van der Waals surface area contributed by atoms with E-state index in [4.69, 9.17) is 5.10 Å². The minimum Gasteiger partial charge on any atom is -0.370 e. The summed E-state index contributed by atoms with van der Waals surface area (Å²) in [6, 6.07) is 11.2. The lowest BCUT2D eigenvalue weighted by Gasteiger charge is -2.31. The molecule has 1 aromatic carbocycles. The minimum atomic E-state index is 0.475. The fourth-order valence-electron chi connectivity index (χ4n) is 3.52. The van der Waals surface area contributed by atoms with Crippen LogP contribution in [0.4, 0.5) is 5.82 Å². The van der Waals surface area contributed by atoms with Gasteiger partial charge in [0.1, 0.15) is 5.82 Å². The van der Waals surface area contributed by atoms with E-state index in [0.29, 0.717) is 11.5 Å². The summed E-state index contributed by atoms with van der Waals surface area (Å²) in [4.78, 5) is 0. The molecule has 3 heteroatoms. The quantitative estimate of drug-likeness (QED) is 0.890. The maximum atomic E-state index is 4.87. The summed E-state index contributed by atoms with van der Waals surface area (Å²) in [5.74, 6) is 1.22. The Hall–Kier alpha value is -1.77. The standard InChI is InChI=1S/C17H21N3/c1-12-15(13-6-4-3-5-7-13)16-18-11-8-14(20(16)19-12)17(2)9-10-17/h3-7,14,18H,8-11H2,1-2H3. The van der Waals surface area contributed by atoms with Gasteiger partial charge in [-0.3, -0.25) is 0 Å². The molecular weight excluding hydrogens is 246 g/mol. The molecule has 0 radical (unpaired) electrons. The zero-order valence-electron chi connectivity index (χ0n) is 12.2. The lowest BCUT2D eigenvalue weighted by Crippen LogP contribution is -2.29. The molecule has 2 aromatic rings. The van der Waals surface area contributed by atoms with Gasteiger partial charge in [0.05, 0.1) is 11.7 Å². The third kappa shape index (κ3) is 1.69. The predicted molar refractivity (Wildman–Crippen MR) is 81.9 cm³/mol. The smallest absolute Gasteiger partial charge is 0.132 e. The van der Waals surface area contributed by atoms with Gasteiger partial charge in [-0.25, -0.2) is 4.68 Å². The largest absolute Gasteiger partial charge is 0.370 e. The highest BCUT2D eigenvalue weighted by Crippen LogP contribution is 2.56. The lowest BCUT2D eigenvalue weighted by molar-refractivity contribution is 0.284. The molecular formula is C17H21N3. The number of fused-ring (bicyclic) bond motifs is 1. The van der Waals surface area contributed by atoms with Gasteiger partial charge in [-0.2, -0.15) is 5.10 Å². The van der Waals surface area contributed by atoms with Gasteiger partial charge in [0.15, 0.2) is 0 Å². The molecule has 1 atom stereocenters. The Morgan fingerprint density at radius 1 is 1.25 bits per heavy atom. The van der Waals surface area contributed by atoms with Gasteiger partial charge in [-0.05, 0) is 37.2 Å². The first-order valence-electron chi connectivity index (χ1n) is 7.57. The van der Waals surface area contributed by atoms with Gasteiger partial charge >= 0.3 is 0 Å². The molecule has 1 N–H and O–H groups in total. The number of hydrogen-bond acceptors (Lipinski definition) is 2. The molecule has 0 spiro atoms. The Kier molecular flexibility index (Phi) is 2.47. The van der Waals surface area contributed by atoms with Gasteiger partial charge < -0.3 is 5.32 Å². The first-order chi connectivity index (χ1) is 9.69. The second-order valence-electron chi connectivity index (χ2n) is 6.50. The highest BCUT2D eigenvalue weighted by atomic mass is 15.4. The summed E-state index contributed by atoms with van der Waals surface area (Å²) >= 11 is 0. The SMILES string of the molecule is Cc1nn2c(c1-c1ccccc1)NCCC2C1(C)CC1. The number of hydrogen-bond donors (Lipinski definition) is 1. The van der Waals surface area contributed by atoms with Crippen molar-refractivity contribution in [2.45, 2.75) is 39.2 Å². The Labute approximate surface area is 120 Å². The van der Waals surface area contributed by atoms with E-state index in [0.717, 1.165) is 12.2 Å². The van der Waals surface area contributed by atoms with Crippen LogP contribution >= 0.6 is 0 Å². The van der Waals surface area contributed by atoms with Crippen LogP contribution in [0.2, 0.25) is 0 Å². The first-order valence-corrected chi connectivity index (χ1v) is 7.57. The van der Waals surface area contributed by atoms with Crippen LogP contribution in [0.25, 0.3) is 11.1 Å². The highest BCUT2D eigenvalue weighted by molar-refractivity contribution is 5.78. The third-order valence-electron chi connectivity index (χ3n) is 5.00. The molecule has 20 heavy (non-hydrogen) atoms. The topological polar surface area (TPSA) is 29.9 Å². The maximum absolute atomic E-state index is 4.87. The molecule has 1 unspecified atom stereocenters. The van der Waals surface area contributed by atoms with Crippen LogP contribution in [0.15, 0.2) is 30.3 Å². The van der Waals surface area contributed by atoms with Crippen LogP contribution in [-0.4, -0.2) is 16.3 Å². The van der Waals surface area contributed by atoms with E-state index < -0.39 is 0 Å². The molecule has 2 heterocycles. The van der Waals surface area contributed by atoms with Crippen LogP contribution in [0, 0.1) is 12.3 Å². The Morgan fingerprint density at radius 2 is 2.00 bits per heavy atom. The van der Waals surface area contributed by atoms with Crippen molar-refractivity contribution in [1.82, 2.24) is 9.78 Å². The molecule has 1 aliphatic carbocycles. The number of benzene rings is 1. The highest BCUT2D eigenvalue weighted by Gasteiger charge is 2.47. The van der Waals surface area contributed by atoms with Crippen LogP contribution < -0.4 is 5.32 Å². The van der Waals surface area contributed by atoms with Gasteiger partial charge in [0.2, 0.25) is 0 Å². The molecule has 1 fully saturated rings. The normalized spacial score (nSPS) is 23.0. The van der Waals surface area contributed by atoms with Crippen molar-refractivity contribution >= 4 is 5.82 Å². The van der Waals surface area contributed by atoms with E-state index in [1.54, 1.807) is 0 Å². The van der Waals surface area contributed by atoms with Gasteiger partial charge in [0, 0.05) is 12.1 Å². The second kappa shape index (κ2) is 4.11. The molecule has 1 saturated carbocycles. The molecule has 0 saturated heterocycles. The molecule has 104 valence electrons. The number of anilines is 1. The Bertz CT molecular complexity index is 638. The van der Waals surface area contributed by atoms with Gasteiger partial charge in [0.25, 0.3) is 0 Å². The molecule has 0 bridgehead atoms. The van der Waals surface area contributed by atoms with Crippen molar-refractivity contribution in [3.05, 3.63) is 36.0 Å². The average Bonchev–Trinajstić information content (AvgIpc) is 3.11. The summed E-state index contributed by atoms with van der Waals surface area (Å²) < 4.78 is 2.27. The minimum absolute atomic E-state index is 0.475. The monoisotopic (exact) mass is 267 g/mol. The Balaban J connectivity index is 1.85. The predicted octanol–water partition coefficient (Wildman–Crippen LogP) is 4.02. The fraction of sp³-hybridized carbons (Fsp3) is 0.471. The Morgan fingerprint density at radius 3 is 2.70 bits per heavy atom. The van der Waals surface area contributed by atoms with Crippen molar-refractivity contribution in [2.75, 3.05) is 11.9 Å². The molecule has 3 nitrogen and oxygen atoms in total. The van der Waals surface area contributed by atoms with Gasteiger partial charge in [-0.15, -0.1) is 0 Å². The number of aromatic nitrogens is 2. The number of nitrogens with one attached hydrogen (secondary N) is 1. The molecule has 2 aliphatic rings. The summed E-state index contributed by atoms with van der Waals surface area (Å²) in [6.07, 6.45) is 3.88. The average molecular weight is 267 g/mol. The van der Waals surface area contributed by atoms with Crippen LogP contribution in [0.1, 0.15) is 37.9 Å². The maximum Gasteiger partial charge on any atom is 0.132 e. The van der Waals surface area contributed by atoms with Crippen molar-refractivity contribution in [3.8, 4) is 11.1 Å².